The maximum absolute atomic E-state index is 6.50. The van der Waals surface area contributed by atoms with Gasteiger partial charge in [0.1, 0.15) is 5.75 Å². The van der Waals surface area contributed by atoms with Crippen molar-refractivity contribution >= 4 is 23.0 Å². The Balaban J connectivity index is 1.82. The average Bonchev–Trinajstić information content (AvgIpc) is 2.62. The van der Waals surface area contributed by atoms with Crippen molar-refractivity contribution in [2.45, 2.75) is 32.0 Å². The van der Waals surface area contributed by atoms with E-state index < -0.39 is 5.72 Å². The van der Waals surface area contributed by atoms with Crippen LogP contribution in [0.25, 0.3) is 0 Å². The van der Waals surface area contributed by atoms with Gasteiger partial charge in [0.15, 0.2) is 22.3 Å². The zero-order valence-corrected chi connectivity index (χ0v) is 15.9. The minimum absolute atomic E-state index is 0.0851. The number of methoxy groups -OCH3 is 1. The fourth-order valence-electron chi connectivity index (χ4n) is 3.81. The minimum Gasteiger partial charge on any atom is -0.493 e. The Bertz CT molecular complexity index is 857. The predicted octanol–water partition coefficient (Wildman–Crippen LogP) is 4.03. The summed E-state index contributed by atoms with van der Waals surface area (Å²) in [5.41, 5.74) is 1.33. The van der Waals surface area contributed by atoms with Crippen LogP contribution in [0, 0.1) is 0 Å². The molecule has 2 aliphatic rings. The first kappa shape index (κ1) is 17.0. The molecule has 2 aliphatic heterocycles. The van der Waals surface area contributed by atoms with Crippen molar-refractivity contribution in [3.8, 4) is 17.2 Å². The summed E-state index contributed by atoms with van der Waals surface area (Å²) >= 11 is 5.72. The normalized spacial score (nSPS) is 23.6. The second-order valence-corrected chi connectivity index (χ2v) is 6.98. The highest BCUT2D eigenvalue weighted by atomic mass is 32.1. The molecule has 0 unspecified atom stereocenters. The average molecular weight is 370 g/mol. The van der Waals surface area contributed by atoms with Gasteiger partial charge in [0.25, 0.3) is 0 Å². The third kappa shape index (κ3) is 2.56. The lowest BCUT2D eigenvalue weighted by molar-refractivity contribution is 0.0460. The zero-order valence-electron chi connectivity index (χ0n) is 15.1. The van der Waals surface area contributed by atoms with Crippen LogP contribution < -0.4 is 24.4 Å². The van der Waals surface area contributed by atoms with E-state index in [2.05, 4.69) is 18.3 Å². The van der Waals surface area contributed by atoms with Crippen LogP contribution >= 0.6 is 12.2 Å². The molecule has 2 aromatic carbocycles. The van der Waals surface area contributed by atoms with Gasteiger partial charge in [0.2, 0.25) is 0 Å². The standard InChI is InChI=1S/C20H22N2O3S/c1-4-24-16-10-6-5-9-15(16)22-19(26)21-14-12-20(22,2)25-18-13(14)8-7-11-17(18)23-3/h5-11,14H,4,12H2,1-3H3,(H,21,26)/t14-,20-/m1/s1. The molecule has 0 saturated carbocycles. The summed E-state index contributed by atoms with van der Waals surface area (Å²) in [5.74, 6) is 2.28. The van der Waals surface area contributed by atoms with Crippen molar-refractivity contribution in [1.82, 2.24) is 5.32 Å². The first-order chi connectivity index (χ1) is 12.6. The summed E-state index contributed by atoms with van der Waals surface area (Å²) in [4.78, 5) is 2.01. The molecule has 0 spiro atoms. The summed E-state index contributed by atoms with van der Waals surface area (Å²) in [6.07, 6.45) is 0.758. The van der Waals surface area contributed by atoms with Gasteiger partial charge in [-0.15, -0.1) is 0 Å². The van der Waals surface area contributed by atoms with Crippen LogP contribution in [0.15, 0.2) is 42.5 Å². The van der Waals surface area contributed by atoms with E-state index in [-0.39, 0.29) is 6.04 Å². The number of nitrogens with zero attached hydrogens (tertiary/aromatic N) is 1. The molecule has 1 fully saturated rings. The van der Waals surface area contributed by atoms with Gasteiger partial charge in [-0.3, -0.25) is 4.90 Å². The third-order valence-corrected chi connectivity index (χ3v) is 5.19. The van der Waals surface area contributed by atoms with Crippen LogP contribution in [-0.2, 0) is 0 Å². The fourth-order valence-corrected chi connectivity index (χ4v) is 4.24. The van der Waals surface area contributed by atoms with Crippen LogP contribution in [0.1, 0.15) is 31.9 Å². The third-order valence-electron chi connectivity index (χ3n) is 4.89. The number of para-hydroxylation sites is 3. The number of rotatable bonds is 4. The highest BCUT2D eigenvalue weighted by molar-refractivity contribution is 7.80. The number of thiocarbonyl (C=S) groups is 1. The van der Waals surface area contributed by atoms with E-state index in [0.29, 0.717) is 11.7 Å². The second kappa shape index (κ2) is 6.36. The Hall–Kier alpha value is -2.47. The first-order valence-corrected chi connectivity index (χ1v) is 9.16. The molecule has 0 amide bonds. The highest BCUT2D eigenvalue weighted by Crippen LogP contribution is 2.50. The van der Waals surface area contributed by atoms with Gasteiger partial charge in [-0.2, -0.15) is 0 Å². The van der Waals surface area contributed by atoms with Gasteiger partial charge in [-0.1, -0.05) is 24.3 Å². The van der Waals surface area contributed by atoms with E-state index in [1.165, 1.54) is 0 Å². The molecule has 26 heavy (non-hydrogen) atoms. The molecule has 2 bridgehead atoms. The Labute approximate surface area is 158 Å². The van der Waals surface area contributed by atoms with Crippen molar-refractivity contribution < 1.29 is 14.2 Å². The van der Waals surface area contributed by atoms with Crippen molar-refractivity contribution in [1.29, 1.82) is 0 Å². The second-order valence-electron chi connectivity index (χ2n) is 6.60. The lowest BCUT2D eigenvalue weighted by atomic mass is 9.90. The Morgan fingerprint density at radius 3 is 2.77 bits per heavy atom. The van der Waals surface area contributed by atoms with Crippen LogP contribution in [-0.4, -0.2) is 24.6 Å². The molecule has 2 heterocycles. The van der Waals surface area contributed by atoms with Crippen molar-refractivity contribution in [2.24, 2.45) is 0 Å². The summed E-state index contributed by atoms with van der Waals surface area (Å²) in [6.45, 7) is 4.62. The first-order valence-electron chi connectivity index (χ1n) is 8.76. The maximum Gasteiger partial charge on any atom is 0.188 e. The van der Waals surface area contributed by atoms with Crippen molar-refractivity contribution in [3.63, 3.8) is 0 Å². The Morgan fingerprint density at radius 1 is 1.23 bits per heavy atom. The fraction of sp³-hybridized carbons (Fsp3) is 0.350. The monoisotopic (exact) mass is 370 g/mol. The van der Waals surface area contributed by atoms with E-state index in [4.69, 9.17) is 26.4 Å². The van der Waals surface area contributed by atoms with E-state index in [0.717, 1.165) is 34.9 Å². The smallest absolute Gasteiger partial charge is 0.188 e. The Morgan fingerprint density at radius 2 is 2.00 bits per heavy atom. The van der Waals surface area contributed by atoms with E-state index in [9.17, 15) is 0 Å². The van der Waals surface area contributed by atoms with Gasteiger partial charge in [-0.25, -0.2) is 0 Å². The van der Waals surface area contributed by atoms with Gasteiger partial charge >= 0.3 is 0 Å². The SMILES string of the molecule is CCOc1ccccc1N1C(=S)N[C@@H]2C[C@@]1(C)Oc1c(OC)cccc12. The number of hydrogen-bond acceptors (Lipinski definition) is 4. The van der Waals surface area contributed by atoms with Gasteiger partial charge in [0.05, 0.1) is 25.4 Å². The van der Waals surface area contributed by atoms with E-state index >= 15 is 0 Å². The predicted molar refractivity (Wildman–Crippen MR) is 105 cm³/mol. The summed E-state index contributed by atoms with van der Waals surface area (Å²) in [7, 11) is 1.66. The number of benzene rings is 2. The Kier molecular flexibility index (Phi) is 4.15. The largest absolute Gasteiger partial charge is 0.493 e. The summed E-state index contributed by atoms with van der Waals surface area (Å²) in [6, 6.07) is 13.9. The quantitative estimate of drug-likeness (QED) is 0.820. The molecule has 1 saturated heterocycles. The molecule has 1 N–H and O–H groups in total. The molecular weight excluding hydrogens is 348 g/mol. The number of anilines is 1. The highest BCUT2D eigenvalue weighted by Gasteiger charge is 2.49. The molecular formula is C20H22N2O3S. The van der Waals surface area contributed by atoms with Crippen LogP contribution in [0.5, 0.6) is 17.2 Å². The molecule has 2 atom stereocenters. The van der Waals surface area contributed by atoms with Crippen molar-refractivity contribution in [2.75, 3.05) is 18.6 Å². The van der Waals surface area contributed by atoms with Gasteiger partial charge in [0, 0.05) is 12.0 Å². The molecule has 2 aromatic rings. The molecule has 4 rings (SSSR count). The molecule has 6 heteroatoms. The van der Waals surface area contributed by atoms with Gasteiger partial charge < -0.3 is 19.5 Å². The zero-order chi connectivity index (χ0) is 18.3. The van der Waals surface area contributed by atoms with Gasteiger partial charge in [-0.05, 0) is 44.3 Å². The molecule has 0 radical (unpaired) electrons. The maximum atomic E-state index is 6.50. The number of ether oxygens (including phenoxy) is 3. The van der Waals surface area contributed by atoms with E-state index in [1.54, 1.807) is 7.11 Å². The summed E-state index contributed by atoms with van der Waals surface area (Å²) < 4.78 is 17.9. The van der Waals surface area contributed by atoms with Crippen LogP contribution in [0.3, 0.4) is 0 Å². The number of nitrogens with one attached hydrogen (secondary N) is 1. The molecule has 136 valence electrons. The lowest BCUT2D eigenvalue weighted by Crippen LogP contribution is -2.65. The lowest BCUT2D eigenvalue weighted by Gasteiger charge is -2.52. The minimum atomic E-state index is -0.637. The number of hydrogen-bond donors (Lipinski definition) is 1. The van der Waals surface area contributed by atoms with E-state index in [1.807, 2.05) is 48.2 Å². The number of fused-ring (bicyclic) bond motifs is 4. The van der Waals surface area contributed by atoms with Crippen LogP contribution in [0.2, 0.25) is 0 Å². The van der Waals surface area contributed by atoms with Crippen molar-refractivity contribution in [3.05, 3.63) is 48.0 Å². The topological polar surface area (TPSA) is 43.0 Å². The molecule has 0 aromatic heterocycles. The molecule has 5 nitrogen and oxygen atoms in total. The van der Waals surface area contributed by atoms with Crippen LogP contribution in [0.4, 0.5) is 5.69 Å². The molecule has 0 aliphatic carbocycles. The summed E-state index contributed by atoms with van der Waals surface area (Å²) in [5, 5.41) is 4.09.